The van der Waals surface area contributed by atoms with Crippen molar-refractivity contribution >= 4 is 17.8 Å². The highest BCUT2D eigenvalue weighted by atomic mass is 16.5. The van der Waals surface area contributed by atoms with Crippen LogP contribution < -0.4 is 10.1 Å². The lowest BCUT2D eigenvalue weighted by atomic mass is 10.1. The minimum absolute atomic E-state index is 0.185. The third kappa shape index (κ3) is 3.31. The maximum Gasteiger partial charge on any atom is 0.275 e. The topological polar surface area (TPSA) is 50.7 Å². The van der Waals surface area contributed by atoms with Crippen LogP contribution in [0.5, 0.6) is 5.75 Å². The lowest BCUT2D eigenvalue weighted by Crippen LogP contribution is -2.24. The number of ether oxygens (including phenoxy) is 1. The van der Waals surface area contributed by atoms with Gasteiger partial charge in [-0.1, -0.05) is 31.2 Å². The van der Waals surface area contributed by atoms with Crippen molar-refractivity contribution in [3.63, 3.8) is 0 Å². The van der Waals surface area contributed by atoms with Crippen LogP contribution in [0.3, 0.4) is 0 Å². The van der Waals surface area contributed by atoms with Crippen LogP contribution in [0.1, 0.15) is 23.6 Å². The fraction of sp³-hybridized carbons (Fsp3) is 0.158. The molecule has 0 aliphatic carbocycles. The van der Waals surface area contributed by atoms with E-state index in [1.54, 1.807) is 13.2 Å². The number of carbonyl (C=O) groups is 1. The van der Waals surface area contributed by atoms with Crippen molar-refractivity contribution < 1.29 is 9.53 Å². The van der Waals surface area contributed by atoms with Crippen molar-refractivity contribution in [1.82, 2.24) is 5.32 Å². The summed E-state index contributed by atoms with van der Waals surface area (Å²) in [6, 6.07) is 15.6. The quantitative estimate of drug-likeness (QED) is 0.882. The van der Waals surface area contributed by atoms with E-state index in [2.05, 4.69) is 29.4 Å². The zero-order valence-electron chi connectivity index (χ0n) is 13.2. The average molecular weight is 306 g/mol. The Morgan fingerprint density at radius 3 is 2.39 bits per heavy atom. The molecule has 4 heteroatoms. The summed E-state index contributed by atoms with van der Waals surface area (Å²) in [5.74, 6) is 1.15. The Morgan fingerprint density at radius 2 is 1.78 bits per heavy atom. The second kappa shape index (κ2) is 6.48. The van der Waals surface area contributed by atoms with E-state index in [4.69, 9.17) is 4.74 Å². The van der Waals surface area contributed by atoms with Gasteiger partial charge in [-0.15, -0.1) is 0 Å². The van der Waals surface area contributed by atoms with Gasteiger partial charge in [0.2, 0.25) is 0 Å². The summed E-state index contributed by atoms with van der Waals surface area (Å²) >= 11 is 0. The van der Waals surface area contributed by atoms with E-state index in [1.807, 2.05) is 36.4 Å². The molecule has 1 N–H and O–H groups in total. The Labute approximate surface area is 135 Å². The van der Waals surface area contributed by atoms with Gasteiger partial charge in [-0.3, -0.25) is 4.79 Å². The Kier molecular flexibility index (Phi) is 4.24. The van der Waals surface area contributed by atoms with Crippen molar-refractivity contribution in [2.75, 3.05) is 7.11 Å². The largest absolute Gasteiger partial charge is 0.497 e. The minimum Gasteiger partial charge on any atom is -0.497 e. The predicted octanol–water partition coefficient (Wildman–Crippen LogP) is 3.18. The Bertz CT molecular complexity index is 772. The minimum atomic E-state index is -0.185. The van der Waals surface area contributed by atoms with Gasteiger partial charge in [0, 0.05) is 5.56 Å². The van der Waals surface area contributed by atoms with Gasteiger partial charge in [0.05, 0.1) is 7.11 Å². The van der Waals surface area contributed by atoms with Crippen LogP contribution in [0, 0.1) is 0 Å². The van der Waals surface area contributed by atoms with Crippen LogP contribution in [-0.4, -0.2) is 18.9 Å². The molecule has 1 amide bonds. The first-order valence-electron chi connectivity index (χ1n) is 7.54. The van der Waals surface area contributed by atoms with Gasteiger partial charge in [0.15, 0.2) is 0 Å². The molecule has 0 spiro atoms. The first-order valence-corrected chi connectivity index (χ1v) is 7.54. The number of methoxy groups -OCH3 is 1. The number of hydrogen-bond acceptors (Lipinski definition) is 3. The summed E-state index contributed by atoms with van der Waals surface area (Å²) in [6.07, 6.45) is 2.79. The van der Waals surface area contributed by atoms with Crippen LogP contribution in [0.15, 0.2) is 59.2 Å². The molecule has 1 aliphatic heterocycles. The lowest BCUT2D eigenvalue weighted by Gasteiger charge is -2.02. The molecule has 116 valence electrons. The zero-order chi connectivity index (χ0) is 16.2. The molecule has 4 nitrogen and oxygen atoms in total. The van der Waals surface area contributed by atoms with E-state index in [9.17, 15) is 4.79 Å². The number of aryl methyl sites for hydroxylation is 1. The molecule has 0 atom stereocenters. The number of hydrogen-bond donors (Lipinski definition) is 1. The van der Waals surface area contributed by atoms with Gasteiger partial charge in [-0.05, 0) is 47.9 Å². The van der Waals surface area contributed by atoms with Gasteiger partial charge in [-0.25, -0.2) is 4.99 Å². The van der Waals surface area contributed by atoms with Crippen LogP contribution in [0.4, 0.5) is 0 Å². The van der Waals surface area contributed by atoms with Gasteiger partial charge in [0.1, 0.15) is 17.3 Å². The Balaban J connectivity index is 1.86. The Hall–Kier alpha value is -2.88. The molecule has 0 bridgehead atoms. The summed E-state index contributed by atoms with van der Waals surface area (Å²) in [5.41, 5.74) is 3.50. The molecular formula is C19H18N2O2. The van der Waals surface area contributed by atoms with Crippen molar-refractivity contribution in [2.45, 2.75) is 13.3 Å². The standard InChI is InChI=1S/C19H18N2O2/c1-3-13-4-6-14(7-5-13)12-17-19(22)21-18(20-17)15-8-10-16(23-2)11-9-15/h4-12H,3H2,1-2H3,(H,20,21,22)/b17-12+. The molecule has 0 saturated carbocycles. The number of nitrogens with one attached hydrogen (secondary N) is 1. The maximum absolute atomic E-state index is 12.1. The second-order valence-electron chi connectivity index (χ2n) is 5.27. The molecule has 0 radical (unpaired) electrons. The second-order valence-corrected chi connectivity index (χ2v) is 5.27. The number of carbonyl (C=O) groups excluding carboxylic acids is 1. The van der Waals surface area contributed by atoms with E-state index in [0.717, 1.165) is 23.3 Å². The third-order valence-corrected chi connectivity index (χ3v) is 3.75. The summed E-state index contributed by atoms with van der Waals surface area (Å²) in [5, 5.41) is 2.80. The molecule has 1 aliphatic rings. The summed E-state index contributed by atoms with van der Waals surface area (Å²) < 4.78 is 5.13. The number of amides is 1. The number of aliphatic imine (C=N–C) groups is 1. The van der Waals surface area contributed by atoms with Gasteiger partial charge in [-0.2, -0.15) is 0 Å². The molecule has 0 aromatic heterocycles. The normalized spacial score (nSPS) is 15.5. The van der Waals surface area contributed by atoms with Crippen molar-refractivity contribution in [3.8, 4) is 5.75 Å². The maximum atomic E-state index is 12.1. The first-order chi connectivity index (χ1) is 11.2. The average Bonchev–Trinajstić information content (AvgIpc) is 2.96. The summed E-state index contributed by atoms with van der Waals surface area (Å²) in [6.45, 7) is 2.11. The van der Waals surface area contributed by atoms with Crippen molar-refractivity contribution in [2.24, 2.45) is 4.99 Å². The SMILES string of the molecule is CCc1ccc(/C=C2/N=C(c3ccc(OC)cc3)NC2=O)cc1. The van der Waals surface area contributed by atoms with E-state index < -0.39 is 0 Å². The van der Waals surface area contributed by atoms with Crippen LogP contribution >= 0.6 is 0 Å². The predicted molar refractivity (Wildman–Crippen MR) is 91.5 cm³/mol. The number of rotatable bonds is 4. The van der Waals surface area contributed by atoms with E-state index in [0.29, 0.717) is 11.5 Å². The first kappa shape index (κ1) is 15.0. The molecule has 1 heterocycles. The van der Waals surface area contributed by atoms with E-state index in [1.165, 1.54) is 5.56 Å². The zero-order valence-corrected chi connectivity index (χ0v) is 13.2. The smallest absolute Gasteiger partial charge is 0.275 e. The fourth-order valence-electron chi connectivity index (χ4n) is 2.36. The summed E-state index contributed by atoms with van der Waals surface area (Å²) in [7, 11) is 1.62. The van der Waals surface area contributed by atoms with Crippen molar-refractivity contribution in [1.29, 1.82) is 0 Å². The molecule has 0 saturated heterocycles. The molecule has 0 unspecified atom stereocenters. The number of nitrogens with zero attached hydrogens (tertiary/aromatic N) is 1. The van der Waals surface area contributed by atoms with E-state index in [-0.39, 0.29) is 5.91 Å². The molecule has 0 fully saturated rings. The van der Waals surface area contributed by atoms with Gasteiger partial charge < -0.3 is 10.1 Å². The van der Waals surface area contributed by atoms with Gasteiger partial charge >= 0.3 is 0 Å². The van der Waals surface area contributed by atoms with E-state index >= 15 is 0 Å². The Morgan fingerprint density at radius 1 is 1.09 bits per heavy atom. The van der Waals surface area contributed by atoms with Crippen LogP contribution in [0.2, 0.25) is 0 Å². The molecule has 3 rings (SSSR count). The van der Waals surface area contributed by atoms with Gasteiger partial charge in [0.25, 0.3) is 5.91 Å². The van der Waals surface area contributed by atoms with Crippen LogP contribution in [0.25, 0.3) is 6.08 Å². The highest BCUT2D eigenvalue weighted by Crippen LogP contribution is 2.17. The highest BCUT2D eigenvalue weighted by molar-refractivity contribution is 6.19. The van der Waals surface area contributed by atoms with Crippen LogP contribution in [-0.2, 0) is 11.2 Å². The molecule has 23 heavy (non-hydrogen) atoms. The lowest BCUT2D eigenvalue weighted by molar-refractivity contribution is -0.115. The number of benzene rings is 2. The molecular weight excluding hydrogens is 288 g/mol. The van der Waals surface area contributed by atoms with Crippen molar-refractivity contribution in [3.05, 3.63) is 70.9 Å². The summed E-state index contributed by atoms with van der Waals surface area (Å²) in [4.78, 5) is 16.5. The third-order valence-electron chi connectivity index (χ3n) is 3.75. The molecule has 2 aromatic carbocycles. The highest BCUT2D eigenvalue weighted by Gasteiger charge is 2.20. The fourth-order valence-corrected chi connectivity index (χ4v) is 2.36. The molecule has 2 aromatic rings. The number of amidine groups is 1. The monoisotopic (exact) mass is 306 g/mol.